The molecule has 7 heteroatoms. The molecule has 118 valence electrons. The van der Waals surface area contributed by atoms with Crippen LogP contribution in [0.2, 0.25) is 0 Å². The molecule has 1 amide bonds. The van der Waals surface area contributed by atoms with Crippen molar-refractivity contribution in [1.82, 2.24) is 24.2 Å². The summed E-state index contributed by atoms with van der Waals surface area (Å²) in [7, 11) is 0. The van der Waals surface area contributed by atoms with Gasteiger partial charge in [0.1, 0.15) is 5.82 Å². The minimum atomic E-state index is -0.0254. The third-order valence-electron chi connectivity index (χ3n) is 4.29. The first-order valence-corrected chi connectivity index (χ1v) is 8.53. The maximum Gasteiger partial charge on any atom is 0.255 e. The van der Waals surface area contributed by atoms with E-state index in [1.165, 1.54) is 0 Å². The molecule has 0 aromatic carbocycles. The van der Waals surface area contributed by atoms with Crippen LogP contribution in [-0.4, -0.2) is 36.7 Å². The normalized spacial score (nSPS) is 17.3. The number of nitrogens with zero attached hydrogens (tertiary/aromatic N) is 5. The highest BCUT2D eigenvalue weighted by molar-refractivity contribution is 7.08. The van der Waals surface area contributed by atoms with Crippen molar-refractivity contribution in [2.24, 2.45) is 0 Å². The minimum Gasteiger partial charge on any atom is -0.327 e. The number of amides is 1. The van der Waals surface area contributed by atoms with Gasteiger partial charge in [-0.05, 0) is 24.4 Å². The fourth-order valence-corrected chi connectivity index (χ4v) is 3.70. The molecule has 0 saturated heterocycles. The number of hydrogen-bond donors (Lipinski definition) is 0. The first kappa shape index (κ1) is 14.2. The van der Waals surface area contributed by atoms with E-state index in [-0.39, 0.29) is 11.9 Å². The van der Waals surface area contributed by atoms with Crippen molar-refractivity contribution in [3.8, 4) is 0 Å². The summed E-state index contributed by atoms with van der Waals surface area (Å²) in [5, 5.41) is 8.09. The van der Waals surface area contributed by atoms with Gasteiger partial charge in [0.15, 0.2) is 0 Å². The SMILES string of the molecule is CC1c2ncc(Cn3cccn3)n2CCN1C(=O)c1ccsc1. The molecular formula is C16H17N5OS. The largest absolute Gasteiger partial charge is 0.327 e. The van der Waals surface area contributed by atoms with E-state index in [0.29, 0.717) is 13.1 Å². The summed E-state index contributed by atoms with van der Waals surface area (Å²) in [6, 6.07) is 3.77. The highest BCUT2D eigenvalue weighted by Gasteiger charge is 2.30. The highest BCUT2D eigenvalue weighted by Crippen LogP contribution is 2.27. The number of aromatic nitrogens is 4. The Morgan fingerprint density at radius 3 is 3.09 bits per heavy atom. The zero-order valence-electron chi connectivity index (χ0n) is 12.8. The number of thiophene rings is 1. The summed E-state index contributed by atoms with van der Waals surface area (Å²) < 4.78 is 4.10. The van der Waals surface area contributed by atoms with Gasteiger partial charge < -0.3 is 9.47 Å². The first-order chi connectivity index (χ1) is 11.2. The van der Waals surface area contributed by atoms with E-state index in [1.807, 2.05) is 51.8 Å². The molecule has 1 unspecified atom stereocenters. The molecule has 1 atom stereocenters. The van der Waals surface area contributed by atoms with Crippen LogP contribution in [0.4, 0.5) is 0 Å². The van der Waals surface area contributed by atoms with Crippen LogP contribution in [0.1, 0.15) is 34.8 Å². The van der Waals surface area contributed by atoms with E-state index < -0.39 is 0 Å². The zero-order chi connectivity index (χ0) is 15.8. The molecule has 6 nitrogen and oxygen atoms in total. The summed E-state index contributed by atoms with van der Waals surface area (Å²) >= 11 is 1.55. The standard InChI is InChI=1S/C16H17N5OS/c1-12-15-17-9-14(10-19-5-2-4-18-19)21(15)7-6-20(12)16(22)13-3-8-23-11-13/h2-5,8-9,11-12H,6-7,10H2,1H3. The van der Waals surface area contributed by atoms with Crippen LogP contribution in [0, 0.1) is 0 Å². The van der Waals surface area contributed by atoms with Gasteiger partial charge in [0.25, 0.3) is 5.91 Å². The van der Waals surface area contributed by atoms with Gasteiger partial charge >= 0.3 is 0 Å². The lowest BCUT2D eigenvalue weighted by molar-refractivity contribution is 0.0636. The lowest BCUT2D eigenvalue weighted by Gasteiger charge is -2.34. The summed E-state index contributed by atoms with van der Waals surface area (Å²) in [5.74, 6) is 1.03. The average molecular weight is 327 g/mol. The van der Waals surface area contributed by atoms with Crippen LogP contribution in [0.5, 0.6) is 0 Å². The van der Waals surface area contributed by atoms with Gasteiger partial charge in [-0.25, -0.2) is 4.98 Å². The number of carbonyl (C=O) groups excluding carboxylic acids is 1. The molecule has 0 N–H and O–H groups in total. The zero-order valence-corrected chi connectivity index (χ0v) is 13.6. The molecule has 4 rings (SSSR count). The van der Waals surface area contributed by atoms with Gasteiger partial charge in [-0.15, -0.1) is 0 Å². The lowest BCUT2D eigenvalue weighted by atomic mass is 10.1. The van der Waals surface area contributed by atoms with Crippen molar-refractivity contribution in [2.75, 3.05) is 6.54 Å². The Hall–Kier alpha value is -2.41. The van der Waals surface area contributed by atoms with Crippen molar-refractivity contribution in [1.29, 1.82) is 0 Å². The summed E-state index contributed by atoms with van der Waals surface area (Å²) in [5.41, 5.74) is 1.89. The van der Waals surface area contributed by atoms with Gasteiger partial charge in [-0.2, -0.15) is 16.4 Å². The molecule has 0 aliphatic carbocycles. The number of fused-ring (bicyclic) bond motifs is 1. The Labute approximate surface area is 138 Å². The topological polar surface area (TPSA) is 56.0 Å². The predicted molar refractivity (Wildman–Crippen MR) is 87.3 cm³/mol. The van der Waals surface area contributed by atoms with Crippen LogP contribution >= 0.6 is 11.3 Å². The minimum absolute atomic E-state index is 0.0254. The third-order valence-corrected chi connectivity index (χ3v) is 4.97. The van der Waals surface area contributed by atoms with Gasteiger partial charge in [-0.1, -0.05) is 0 Å². The molecule has 0 saturated carbocycles. The summed E-state index contributed by atoms with van der Waals surface area (Å²) in [6.07, 6.45) is 5.61. The van der Waals surface area contributed by atoms with Crippen LogP contribution in [0.3, 0.4) is 0 Å². The second kappa shape index (κ2) is 5.66. The van der Waals surface area contributed by atoms with E-state index in [9.17, 15) is 4.79 Å². The number of carbonyl (C=O) groups is 1. The fraction of sp³-hybridized carbons (Fsp3) is 0.312. The number of imidazole rings is 1. The monoisotopic (exact) mass is 327 g/mol. The predicted octanol–water partition coefficient (Wildman–Crippen LogP) is 2.41. The molecule has 3 aromatic rings. The quantitative estimate of drug-likeness (QED) is 0.742. The van der Waals surface area contributed by atoms with E-state index in [2.05, 4.69) is 14.6 Å². The van der Waals surface area contributed by atoms with Crippen molar-refractivity contribution >= 4 is 17.2 Å². The maximum absolute atomic E-state index is 12.6. The van der Waals surface area contributed by atoms with Crippen LogP contribution < -0.4 is 0 Å². The van der Waals surface area contributed by atoms with Crippen molar-refractivity contribution in [3.05, 3.63) is 58.6 Å². The Bertz CT molecular complexity index is 806. The molecule has 3 aromatic heterocycles. The van der Waals surface area contributed by atoms with E-state index in [1.54, 1.807) is 17.5 Å². The number of hydrogen-bond acceptors (Lipinski definition) is 4. The fourth-order valence-electron chi connectivity index (χ4n) is 3.08. The lowest BCUT2D eigenvalue weighted by Crippen LogP contribution is -2.41. The van der Waals surface area contributed by atoms with Crippen LogP contribution in [-0.2, 0) is 13.1 Å². The second-order valence-electron chi connectivity index (χ2n) is 5.65. The van der Waals surface area contributed by atoms with Gasteiger partial charge in [0.05, 0.1) is 30.0 Å². The molecule has 0 bridgehead atoms. The van der Waals surface area contributed by atoms with Crippen molar-refractivity contribution in [3.63, 3.8) is 0 Å². The van der Waals surface area contributed by atoms with Gasteiger partial charge in [-0.3, -0.25) is 9.48 Å². The summed E-state index contributed by atoms with van der Waals surface area (Å²) in [6.45, 7) is 4.21. The van der Waals surface area contributed by atoms with Crippen molar-refractivity contribution in [2.45, 2.75) is 26.1 Å². The molecule has 0 fully saturated rings. The van der Waals surface area contributed by atoms with E-state index in [4.69, 9.17) is 0 Å². The van der Waals surface area contributed by atoms with Crippen LogP contribution in [0.15, 0.2) is 41.5 Å². The molecule has 0 spiro atoms. The first-order valence-electron chi connectivity index (χ1n) is 7.59. The maximum atomic E-state index is 12.6. The average Bonchev–Trinajstić information content (AvgIpc) is 3.30. The summed E-state index contributed by atoms with van der Waals surface area (Å²) in [4.78, 5) is 19.1. The Balaban J connectivity index is 1.59. The molecule has 23 heavy (non-hydrogen) atoms. The molecule has 4 heterocycles. The van der Waals surface area contributed by atoms with Gasteiger partial charge in [0.2, 0.25) is 0 Å². The third kappa shape index (κ3) is 2.46. The molecule has 1 aliphatic rings. The van der Waals surface area contributed by atoms with E-state index in [0.717, 1.165) is 23.6 Å². The van der Waals surface area contributed by atoms with Crippen LogP contribution in [0.25, 0.3) is 0 Å². The molecule has 0 radical (unpaired) electrons. The number of rotatable bonds is 3. The molecule has 1 aliphatic heterocycles. The second-order valence-corrected chi connectivity index (χ2v) is 6.43. The smallest absolute Gasteiger partial charge is 0.255 e. The Kier molecular flexibility index (Phi) is 3.49. The Morgan fingerprint density at radius 1 is 1.43 bits per heavy atom. The molecular weight excluding hydrogens is 310 g/mol. The van der Waals surface area contributed by atoms with E-state index >= 15 is 0 Å². The highest BCUT2D eigenvalue weighted by atomic mass is 32.1. The van der Waals surface area contributed by atoms with Crippen molar-refractivity contribution < 1.29 is 4.79 Å². The Morgan fingerprint density at radius 2 is 2.35 bits per heavy atom. The van der Waals surface area contributed by atoms with Gasteiger partial charge in [0, 0.05) is 30.9 Å².